The molecule has 0 aliphatic rings. The molecule has 3 rings (SSSR count). The molecular weight excluding hydrogens is 250 g/mol. The van der Waals surface area contributed by atoms with E-state index in [4.69, 9.17) is 0 Å². The minimum absolute atomic E-state index is 0.284. The summed E-state index contributed by atoms with van der Waals surface area (Å²) in [5.74, 6) is 1.03. The highest BCUT2D eigenvalue weighted by molar-refractivity contribution is 5.76. The van der Waals surface area contributed by atoms with E-state index in [0.29, 0.717) is 6.54 Å². The van der Waals surface area contributed by atoms with Gasteiger partial charge in [0.25, 0.3) is 0 Å². The van der Waals surface area contributed by atoms with Crippen LogP contribution in [0, 0.1) is 6.92 Å². The van der Waals surface area contributed by atoms with E-state index in [1.807, 2.05) is 43.3 Å². The zero-order valence-electron chi connectivity index (χ0n) is 11.2. The molecule has 0 aliphatic carbocycles. The van der Waals surface area contributed by atoms with Gasteiger partial charge in [0.05, 0.1) is 16.7 Å². The molecule has 0 unspecified atom stereocenters. The maximum atomic E-state index is 9.75. The van der Waals surface area contributed by atoms with E-state index in [1.165, 1.54) is 0 Å². The molecule has 0 saturated heterocycles. The number of aryl methyl sites for hydroxylation is 1. The summed E-state index contributed by atoms with van der Waals surface area (Å²) in [5, 5.41) is 13.0. The Morgan fingerprint density at radius 3 is 2.35 bits per heavy atom. The highest BCUT2D eigenvalue weighted by Gasteiger charge is 2.05. The van der Waals surface area contributed by atoms with E-state index in [-0.39, 0.29) is 5.75 Å². The number of phenolic OH excluding ortho intramolecular Hbond substituents is 1. The van der Waals surface area contributed by atoms with Crippen molar-refractivity contribution >= 4 is 16.9 Å². The van der Waals surface area contributed by atoms with E-state index in [9.17, 15) is 5.11 Å². The molecule has 0 atom stereocenters. The standard InChI is InChI=1S/C16H15N3O/c1-11-16(17-10-12-6-2-5-9-15(12)20)19-14-8-4-3-7-13(14)18-11/h2-9,20H,10H2,1H3,(H,17,19). The van der Waals surface area contributed by atoms with Crippen LogP contribution in [0.1, 0.15) is 11.3 Å². The van der Waals surface area contributed by atoms with Crippen molar-refractivity contribution < 1.29 is 5.11 Å². The van der Waals surface area contributed by atoms with Gasteiger partial charge >= 0.3 is 0 Å². The van der Waals surface area contributed by atoms with Crippen molar-refractivity contribution in [1.29, 1.82) is 0 Å². The monoisotopic (exact) mass is 265 g/mol. The summed E-state index contributed by atoms with van der Waals surface area (Å²) in [5.41, 5.74) is 3.43. The number of aromatic nitrogens is 2. The minimum atomic E-state index is 0.284. The Kier molecular flexibility index (Phi) is 3.21. The Labute approximate surface area is 117 Å². The van der Waals surface area contributed by atoms with Crippen molar-refractivity contribution in [3.63, 3.8) is 0 Å². The number of nitrogens with one attached hydrogen (secondary N) is 1. The summed E-state index contributed by atoms with van der Waals surface area (Å²) in [4.78, 5) is 9.09. The molecular formula is C16H15N3O. The van der Waals surface area contributed by atoms with Gasteiger partial charge in [-0.25, -0.2) is 9.97 Å². The molecule has 0 saturated carbocycles. The maximum Gasteiger partial charge on any atom is 0.148 e. The summed E-state index contributed by atoms with van der Waals surface area (Å²) in [6.07, 6.45) is 0. The quantitative estimate of drug-likeness (QED) is 0.763. The Bertz CT molecular complexity index is 756. The Hall–Kier alpha value is -2.62. The van der Waals surface area contributed by atoms with Gasteiger partial charge in [0.1, 0.15) is 11.6 Å². The maximum absolute atomic E-state index is 9.75. The van der Waals surface area contributed by atoms with Gasteiger partial charge in [0, 0.05) is 12.1 Å². The van der Waals surface area contributed by atoms with Crippen molar-refractivity contribution in [2.75, 3.05) is 5.32 Å². The SMILES string of the molecule is Cc1nc2ccccc2nc1NCc1ccccc1O. The van der Waals surface area contributed by atoms with E-state index in [0.717, 1.165) is 28.1 Å². The van der Waals surface area contributed by atoms with E-state index in [2.05, 4.69) is 15.3 Å². The fraction of sp³-hybridized carbons (Fsp3) is 0.125. The van der Waals surface area contributed by atoms with Crippen molar-refractivity contribution in [2.45, 2.75) is 13.5 Å². The molecule has 0 aliphatic heterocycles. The zero-order chi connectivity index (χ0) is 13.9. The number of anilines is 1. The molecule has 0 radical (unpaired) electrons. The molecule has 2 N–H and O–H groups in total. The van der Waals surface area contributed by atoms with Gasteiger partial charge in [-0.1, -0.05) is 30.3 Å². The lowest BCUT2D eigenvalue weighted by molar-refractivity contribution is 0.469. The average molecular weight is 265 g/mol. The molecule has 4 nitrogen and oxygen atoms in total. The average Bonchev–Trinajstić information content (AvgIpc) is 2.46. The van der Waals surface area contributed by atoms with Crippen molar-refractivity contribution in [1.82, 2.24) is 9.97 Å². The van der Waals surface area contributed by atoms with Crippen molar-refractivity contribution in [2.24, 2.45) is 0 Å². The van der Waals surface area contributed by atoms with Crippen molar-refractivity contribution in [3.8, 4) is 5.75 Å². The number of rotatable bonds is 3. The van der Waals surface area contributed by atoms with Crippen LogP contribution in [0.5, 0.6) is 5.75 Å². The molecule has 2 aromatic carbocycles. The Balaban J connectivity index is 1.87. The number of para-hydroxylation sites is 3. The van der Waals surface area contributed by atoms with Crippen LogP contribution in [-0.4, -0.2) is 15.1 Å². The first-order chi connectivity index (χ1) is 9.74. The van der Waals surface area contributed by atoms with Gasteiger partial charge in [0.2, 0.25) is 0 Å². The first-order valence-corrected chi connectivity index (χ1v) is 6.48. The van der Waals surface area contributed by atoms with Crippen LogP contribution < -0.4 is 5.32 Å². The van der Waals surface area contributed by atoms with E-state index in [1.54, 1.807) is 12.1 Å². The highest BCUT2D eigenvalue weighted by atomic mass is 16.3. The van der Waals surface area contributed by atoms with Gasteiger partial charge in [-0.3, -0.25) is 0 Å². The van der Waals surface area contributed by atoms with Crippen LogP contribution in [0.4, 0.5) is 5.82 Å². The summed E-state index contributed by atoms with van der Waals surface area (Å²) in [6.45, 7) is 2.44. The van der Waals surface area contributed by atoms with Crippen LogP contribution in [-0.2, 0) is 6.54 Å². The molecule has 0 bridgehead atoms. The molecule has 100 valence electrons. The van der Waals surface area contributed by atoms with Crippen molar-refractivity contribution in [3.05, 3.63) is 59.8 Å². The number of hydrogen-bond donors (Lipinski definition) is 2. The molecule has 4 heteroatoms. The molecule has 0 spiro atoms. The van der Waals surface area contributed by atoms with Gasteiger partial charge in [0.15, 0.2) is 0 Å². The Morgan fingerprint density at radius 1 is 0.950 bits per heavy atom. The topological polar surface area (TPSA) is 58.0 Å². The highest BCUT2D eigenvalue weighted by Crippen LogP contribution is 2.19. The van der Waals surface area contributed by atoms with Gasteiger partial charge in [-0.15, -0.1) is 0 Å². The van der Waals surface area contributed by atoms with Crippen LogP contribution in [0.2, 0.25) is 0 Å². The largest absolute Gasteiger partial charge is 0.508 e. The molecule has 20 heavy (non-hydrogen) atoms. The Morgan fingerprint density at radius 2 is 1.60 bits per heavy atom. The second kappa shape index (κ2) is 5.17. The molecule has 1 aromatic heterocycles. The fourth-order valence-corrected chi connectivity index (χ4v) is 2.09. The predicted octanol–water partition coefficient (Wildman–Crippen LogP) is 3.26. The second-order valence-electron chi connectivity index (χ2n) is 4.63. The molecule has 0 fully saturated rings. The number of fused-ring (bicyclic) bond motifs is 1. The number of hydrogen-bond acceptors (Lipinski definition) is 4. The summed E-state index contributed by atoms with van der Waals surface area (Å²) < 4.78 is 0. The summed E-state index contributed by atoms with van der Waals surface area (Å²) >= 11 is 0. The number of phenols is 1. The third kappa shape index (κ3) is 2.40. The minimum Gasteiger partial charge on any atom is -0.508 e. The molecule has 0 amide bonds. The smallest absolute Gasteiger partial charge is 0.148 e. The lowest BCUT2D eigenvalue weighted by atomic mass is 10.2. The third-order valence-electron chi connectivity index (χ3n) is 3.18. The predicted molar refractivity (Wildman–Crippen MR) is 79.7 cm³/mol. The number of benzene rings is 2. The normalized spacial score (nSPS) is 10.7. The fourth-order valence-electron chi connectivity index (χ4n) is 2.09. The second-order valence-corrected chi connectivity index (χ2v) is 4.63. The molecule has 1 heterocycles. The van der Waals surface area contributed by atoms with E-state index >= 15 is 0 Å². The zero-order valence-corrected chi connectivity index (χ0v) is 11.2. The van der Waals surface area contributed by atoms with Crippen LogP contribution in [0.3, 0.4) is 0 Å². The first kappa shape index (κ1) is 12.4. The number of aromatic hydroxyl groups is 1. The summed E-state index contributed by atoms with van der Waals surface area (Å²) in [7, 11) is 0. The lowest BCUT2D eigenvalue weighted by Gasteiger charge is -2.10. The lowest BCUT2D eigenvalue weighted by Crippen LogP contribution is -2.05. The van der Waals surface area contributed by atoms with Gasteiger partial charge in [-0.05, 0) is 25.1 Å². The van der Waals surface area contributed by atoms with Crippen LogP contribution in [0.25, 0.3) is 11.0 Å². The summed E-state index contributed by atoms with van der Waals surface area (Å²) in [6, 6.07) is 15.0. The first-order valence-electron chi connectivity index (χ1n) is 6.48. The number of nitrogens with zero attached hydrogens (tertiary/aromatic N) is 2. The van der Waals surface area contributed by atoms with Gasteiger partial charge in [-0.2, -0.15) is 0 Å². The molecule has 3 aromatic rings. The van der Waals surface area contributed by atoms with E-state index < -0.39 is 0 Å². The van der Waals surface area contributed by atoms with Crippen LogP contribution in [0.15, 0.2) is 48.5 Å². The van der Waals surface area contributed by atoms with Crippen LogP contribution >= 0.6 is 0 Å². The van der Waals surface area contributed by atoms with Gasteiger partial charge < -0.3 is 10.4 Å². The third-order valence-corrected chi connectivity index (χ3v) is 3.18.